The highest BCUT2D eigenvalue weighted by Crippen LogP contribution is 2.50. The van der Waals surface area contributed by atoms with Crippen LogP contribution in [0.15, 0.2) is 218 Å². The lowest BCUT2D eigenvalue weighted by molar-refractivity contribution is 0.569. The van der Waals surface area contributed by atoms with E-state index in [1.54, 1.807) is 0 Å². The lowest BCUT2D eigenvalue weighted by atomic mass is 9.78. The summed E-state index contributed by atoms with van der Waals surface area (Å²) in [5, 5.41) is 7.49. The molecule has 0 bridgehead atoms. The summed E-state index contributed by atoms with van der Waals surface area (Å²) in [6.45, 7) is 14.0. The van der Waals surface area contributed by atoms with Crippen LogP contribution in [0.2, 0.25) is 0 Å². The molecule has 0 saturated heterocycles. The van der Waals surface area contributed by atoms with E-state index in [1.165, 1.54) is 97.3 Å². The predicted molar refractivity (Wildman–Crippen MR) is 300 cm³/mol. The van der Waals surface area contributed by atoms with Gasteiger partial charge in [0.05, 0.1) is 22.4 Å². The Balaban J connectivity index is 1.15. The number of aromatic nitrogens is 1. The van der Waals surface area contributed by atoms with E-state index in [2.05, 4.69) is 269 Å². The first kappa shape index (κ1) is 42.6. The van der Waals surface area contributed by atoms with E-state index in [0.717, 1.165) is 22.7 Å². The Morgan fingerprint density at radius 2 is 0.899 bits per heavy atom. The molecule has 2 aromatic heterocycles. The second kappa shape index (κ2) is 16.5. The summed E-state index contributed by atoms with van der Waals surface area (Å²) in [6.07, 6.45) is 0. The maximum absolute atomic E-state index is 2.53. The highest BCUT2D eigenvalue weighted by atomic mass is 32.1. The lowest BCUT2D eigenvalue weighted by Gasteiger charge is -2.30. The molecule has 12 aromatic rings. The zero-order valence-electron chi connectivity index (χ0n) is 40.1. The molecule has 12 rings (SSSR count). The summed E-state index contributed by atoms with van der Waals surface area (Å²) < 4.78 is 4.99. The molecular weight excluding hydrogens is 853 g/mol. The van der Waals surface area contributed by atoms with Gasteiger partial charge in [0, 0.05) is 53.4 Å². The van der Waals surface area contributed by atoms with Crippen LogP contribution in [-0.2, 0) is 10.8 Å². The van der Waals surface area contributed by atoms with Crippen LogP contribution in [0.3, 0.4) is 0 Å². The Bertz CT molecular complexity index is 3890. The number of para-hydroxylation sites is 4. The number of hydrogen-bond donors (Lipinski definition) is 0. The predicted octanol–water partition coefficient (Wildman–Crippen LogP) is 19.4. The highest BCUT2D eigenvalue weighted by Gasteiger charge is 2.26. The molecule has 2 heterocycles. The van der Waals surface area contributed by atoms with E-state index in [4.69, 9.17) is 0 Å². The molecule has 0 amide bonds. The second-order valence-corrected chi connectivity index (χ2v) is 21.6. The largest absolute Gasteiger partial charge is 0.309 e. The van der Waals surface area contributed by atoms with Crippen molar-refractivity contribution in [2.24, 2.45) is 0 Å². The standard InChI is InChI=1S/C66H54N2S/c1-65(2,3)45-39-44(40-46(41-45)66(4,5)6)49-29-18-21-43-22-19-30-53(63(43)49)50-25-10-14-32-57(50)68(48-37-38-60-56(42-48)52-27-12-16-34-59(52)67(60)47-23-8-7-9-24-47)58-33-15-11-26-51(58)54-31-20-36-62-64(54)55-28-13-17-35-61(55)69-62/h7-42H,1-6H3. The van der Waals surface area contributed by atoms with Crippen LogP contribution in [0.4, 0.5) is 17.1 Å². The van der Waals surface area contributed by atoms with Crippen molar-refractivity contribution in [2.75, 3.05) is 4.90 Å². The van der Waals surface area contributed by atoms with Gasteiger partial charge >= 0.3 is 0 Å². The van der Waals surface area contributed by atoms with Crippen LogP contribution >= 0.6 is 11.3 Å². The molecule has 0 spiro atoms. The summed E-state index contributed by atoms with van der Waals surface area (Å²) in [7, 11) is 0. The number of nitrogens with zero attached hydrogens (tertiary/aromatic N) is 2. The summed E-state index contributed by atoms with van der Waals surface area (Å²) in [5.41, 5.74) is 16.8. The fourth-order valence-corrected chi connectivity index (χ4v) is 11.7. The normalized spacial score (nSPS) is 12.2. The van der Waals surface area contributed by atoms with Gasteiger partial charge in [0.2, 0.25) is 0 Å². The third-order valence-electron chi connectivity index (χ3n) is 14.1. The van der Waals surface area contributed by atoms with E-state index in [9.17, 15) is 0 Å². The Labute approximate surface area is 409 Å². The fourth-order valence-electron chi connectivity index (χ4n) is 10.6. The molecule has 0 radical (unpaired) electrons. The molecule has 0 atom stereocenters. The number of hydrogen-bond acceptors (Lipinski definition) is 2. The summed E-state index contributed by atoms with van der Waals surface area (Å²) in [5.74, 6) is 0. The smallest absolute Gasteiger partial charge is 0.0542 e. The van der Waals surface area contributed by atoms with Gasteiger partial charge in [-0.1, -0.05) is 199 Å². The van der Waals surface area contributed by atoms with Gasteiger partial charge in [0.15, 0.2) is 0 Å². The van der Waals surface area contributed by atoms with Crippen LogP contribution in [0.5, 0.6) is 0 Å². The van der Waals surface area contributed by atoms with Gasteiger partial charge in [-0.15, -0.1) is 11.3 Å². The first-order valence-corrected chi connectivity index (χ1v) is 25.0. The quantitative estimate of drug-likeness (QED) is 0.155. The van der Waals surface area contributed by atoms with Crippen molar-refractivity contribution in [3.63, 3.8) is 0 Å². The van der Waals surface area contributed by atoms with Crippen molar-refractivity contribution in [3.8, 4) is 39.1 Å². The SMILES string of the molecule is CC(C)(C)c1cc(-c2cccc3cccc(-c4ccccc4N(c4ccc5c(c4)c4ccccc4n5-c4ccccc4)c4ccccc4-c4cccc5sc6ccccc6c45)c23)cc(C(C)(C)C)c1. The molecule has 0 aliphatic carbocycles. The zero-order chi connectivity index (χ0) is 47.0. The Hall–Kier alpha value is -7.72. The highest BCUT2D eigenvalue weighted by molar-refractivity contribution is 7.25. The van der Waals surface area contributed by atoms with Gasteiger partial charge in [0.25, 0.3) is 0 Å². The van der Waals surface area contributed by atoms with Crippen molar-refractivity contribution >= 4 is 81.1 Å². The molecule has 69 heavy (non-hydrogen) atoms. The molecule has 3 heteroatoms. The van der Waals surface area contributed by atoms with Gasteiger partial charge in [0.1, 0.15) is 0 Å². The van der Waals surface area contributed by atoms with Crippen LogP contribution < -0.4 is 4.90 Å². The number of fused-ring (bicyclic) bond motifs is 7. The van der Waals surface area contributed by atoms with Crippen molar-refractivity contribution in [1.29, 1.82) is 0 Å². The second-order valence-electron chi connectivity index (χ2n) is 20.5. The topological polar surface area (TPSA) is 8.17 Å². The van der Waals surface area contributed by atoms with Gasteiger partial charge < -0.3 is 9.47 Å². The van der Waals surface area contributed by atoms with Crippen molar-refractivity contribution in [3.05, 3.63) is 230 Å². The minimum Gasteiger partial charge on any atom is -0.309 e. The minimum absolute atomic E-state index is 0.0158. The van der Waals surface area contributed by atoms with Crippen LogP contribution in [0.1, 0.15) is 52.7 Å². The average Bonchev–Trinajstić information content (AvgIpc) is 3.92. The molecule has 0 aliphatic heterocycles. The third-order valence-corrected chi connectivity index (χ3v) is 15.2. The maximum Gasteiger partial charge on any atom is 0.0542 e. The first-order valence-electron chi connectivity index (χ1n) is 24.2. The molecule has 0 N–H and O–H groups in total. The molecule has 334 valence electrons. The van der Waals surface area contributed by atoms with Crippen LogP contribution in [-0.4, -0.2) is 4.57 Å². The van der Waals surface area contributed by atoms with Gasteiger partial charge in [-0.2, -0.15) is 0 Å². The van der Waals surface area contributed by atoms with E-state index in [-0.39, 0.29) is 10.8 Å². The molecule has 0 saturated carbocycles. The van der Waals surface area contributed by atoms with Gasteiger partial charge in [-0.3, -0.25) is 0 Å². The lowest BCUT2D eigenvalue weighted by Crippen LogP contribution is -2.16. The minimum atomic E-state index is -0.0158. The van der Waals surface area contributed by atoms with E-state index < -0.39 is 0 Å². The molecule has 0 unspecified atom stereocenters. The van der Waals surface area contributed by atoms with E-state index in [0.29, 0.717) is 0 Å². The molecule has 0 aliphatic rings. The van der Waals surface area contributed by atoms with Crippen LogP contribution in [0.25, 0.3) is 91.8 Å². The van der Waals surface area contributed by atoms with Crippen molar-refractivity contribution in [2.45, 2.75) is 52.4 Å². The summed E-state index contributed by atoms with van der Waals surface area (Å²) in [6, 6.07) is 81.4. The third kappa shape index (κ3) is 7.32. The summed E-state index contributed by atoms with van der Waals surface area (Å²) >= 11 is 1.87. The number of anilines is 3. The number of thiophene rings is 1. The van der Waals surface area contributed by atoms with Crippen LogP contribution in [0, 0.1) is 0 Å². The zero-order valence-corrected chi connectivity index (χ0v) is 40.9. The summed E-state index contributed by atoms with van der Waals surface area (Å²) in [4.78, 5) is 2.53. The fraction of sp³-hybridized carbons (Fsp3) is 0.121. The van der Waals surface area contributed by atoms with Crippen molar-refractivity contribution in [1.82, 2.24) is 4.57 Å². The molecule has 0 fully saturated rings. The van der Waals surface area contributed by atoms with E-state index >= 15 is 0 Å². The van der Waals surface area contributed by atoms with Crippen molar-refractivity contribution < 1.29 is 0 Å². The first-order chi connectivity index (χ1) is 33.5. The Morgan fingerprint density at radius 1 is 0.377 bits per heavy atom. The van der Waals surface area contributed by atoms with E-state index in [1.807, 2.05) is 11.3 Å². The number of benzene rings is 10. The Morgan fingerprint density at radius 3 is 1.58 bits per heavy atom. The molecular formula is C66H54N2S. The maximum atomic E-state index is 2.53. The molecule has 2 nitrogen and oxygen atoms in total. The molecule has 10 aromatic carbocycles. The van der Waals surface area contributed by atoms with Gasteiger partial charge in [-0.05, 0) is 116 Å². The Kier molecular flexibility index (Phi) is 10.2. The number of rotatable bonds is 7. The average molecular weight is 907 g/mol. The monoisotopic (exact) mass is 906 g/mol. The van der Waals surface area contributed by atoms with Gasteiger partial charge in [-0.25, -0.2) is 0 Å².